The Bertz CT molecular complexity index is 144. The zero-order chi connectivity index (χ0) is 9.56. The number of ether oxygens (including phenoxy) is 1. The molecule has 0 saturated heterocycles. The zero-order valence-electron chi connectivity index (χ0n) is 6.86. The van der Waals surface area contributed by atoms with Gasteiger partial charge in [0.15, 0.2) is 0 Å². The molecule has 0 rings (SSSR count). The molecule has 0 saturated carbocycles. The van der Waals surface area contributed by atoms with E-state index in [0.717, 1.165) is 0 Å². The second kappa shape index (κ2) is 6.91. The number of aliphatic hydroxyl groups is 2. The molecule has 0 bridgehead atoms. The van der Waals surface area contributed by atoms with Crippen LogP contribution in [0.1, 0.15) is 13.3 Å². The van der Waals surface area contributed by atoms with Crippen molar-refractivity contribution in [2.45, 2.75) is 23.7 Å². The highest BCUT2D eigenvalue weighted by Crippen LogP contribution is 2.01. The predicted molar refractivity (Wildman–Crippen MR) is 44.9 cm³/mol. The lowest BCUT2D eigenvalue weighted by atomic mass is 10.4. The second-order valence-electron chi connectivity index (χ2n) is 2.29. The molecule has 0 aromatic heterocycles. The van der Waals surface area contributed by atoms with Gasteiger partial charge in [0.05, 0.1) is 16.9 Å². The topological polar surface area (TPSA) is 66.8 Å². The van der Waals surface area contributed by atoms with E-state index in [1.165, 1.54) is 0 Å². The third kappa shape index (κ3) is 4.47. The molecule has 0 aromatic rings. The normalized spacial score (nSPS) is 14.7. The van der Waals surface area contributed by atoms with Gasteiger partial charge in [-0.2, -0.15) is 0 Å². The molecule has 0 aromatic carbocycles. The zero-order valence-corrected chi connectivity index (χ0v) is 9.04. The summed E-state index contributed by atoms with van der Waals surface area (Å²) in [6.07, 6.45) is -0.787. The number of aliphatic hydroxyl groups excluding tert-OH is 2. The SMILES string of the molecule is CCC(=O)O[CH]([Mg][Cl])C(O)CO. The van der Waals surface area contributed by atoms with E-state index in [2.05, 4.69) is 0 Å². The van der Waals surface area contributed by atoms with Crippen LogP contribution in [-0.2, 0) is 9.53 Å². The van der Waals surface area contributed by atoms with Crippen LogP contribution >= 0.6 is 9.07 Å². The maximum absolute atomic E-state index is 10.8. The summed E-state index contributed by atoms with van der Waals surface area (Å²) >= 11 is -1.16. The molecule has 68 valence electrons. The molecule has 2 atom stereocenters. The van der Waals surface area contributed by atoms with E-state index < -0.39 is 42.2 Å². The molecule has 2 N–H and O–H groups in total. The number of carbonyl (C=O) groups excluding carboxylic acids is 1. The van der Waals surface area contributed by atoms with Gasteiger partial charge in [-0.3, -0.25) is 4.79 Å². The van der Waals surface area contributed by atoms with E-state index in [4.69, 9.17) is 24.0 Å². The number of hydrogen-bond donors (Lipinski definition) is 2. The first-order valence-electron chi connectivity index (χ1n) is 3.70. The fourth-order valence-corrected chi connectivity index (χ4v) is 1.99. The monoisotopic (exact) mass is 206 g/mol. The number of hydrogen-bond acceptors (Lipinski definition) is 4. The summed E-state index contributed by atoms with van der Waals surface area (Å²) in [5.74, 6) is -0.402. The standard InChI is InChI=1S/C6H11O4.ClH.Mg/c1-2-6(9)10-4-5(8)3-7;;/h4-5,7-8H,2-3H2,1H3;1H;/q;;+1/p-1. The van der Waals surface area contributed by atoms with Crippen LogP contribution in [0, 0.1) is 0 Å². The van der Waals surface area contributed by atoms with Crippen molar-refractivity contribution >= 4 is 34.3 Å². The van der Waals surface area contributed by atoms with E-state index in [1.807, 2.05) is 0 Å². The third-order valence-corrected chi connectivity index (χ3v) is 3.27. The van der Waals surface area contributed by atoms with Gasteiger partial charge in [0, 0.05) is 6.42 Å². The highest BCUT2D eigenvalue weighted by molar-refractivity contribution is 6.94. The van der Waals surface area contributed by atoms with Gasteiger partial charge in [0.1, 0.15) is 0 Å². The van der Waals surface area contributed by atoms with Crippen molar-refractivity contribution in [3.05, 3.63) is 0 Å². The molecule has 0 aliphatic carbocycles. The molecule has 0 fully saturated rings. The molecule has 2 unspecified atom stereocenters. The first kappa shape index (κ1) is 12.4. The van der Waals surface area contributed by atoms with Gasteiger partial charge in [0.2, 0.25) is 0 Å². The lowest BCUT2D eigenvalue weighted by Gasteiger charge is -2.19. The van der Waals surface area contributed by atoms with Crippen molar-refractivity contribution in [1.29, 1.82) is 0 Å². The maximum Gasteiger partial charge on any atom is 0.561 e. The summed E-state index contributed by atoms with van der Waals surface area (Å²) in [6, 6.07) is 0. The summed E-state index contributed by atoms with van der Waals surface area (Å²) in [7, 11) is 5.53. The van der Waals surface area contributed by atoms with Crippen LogP contribution in [0.5, 0.6) is 0 Å². The second-order valence-corrected chi connectivity index (χ2v) is 4.33. The van der Waals surface area contributed by atoms with Crippen molar-refractivity contribution in [1.82, 2.24) is 0 Å². The number of carbonyl (C=O) groups is 1. The Morgan fingerprint density at radius 1 is 1.75 bits per heavy atom. The molecule has 0 aliphatic heterocycles. The van der Waals surface area contributed by atoms with Crippen molar-refractivity contribution in [2.75, 3.05) is 6.61 Å². The molecule has 12 heavy (non-hydrogen) atoms. The molecule has 0 radical (unpaired) electrons. The van der Waals surface area contributed by atoms with Gasteiger partial charge >= 0.3 is 25.2 Å². The fourth-order valence-electron chi connectivity index (χ4n) is 0.583. The van der Waals surface area contributed by atoms with Gasteiger partial charge in [0.25, 0.3) is 0 Å². The van der Waals surface area contributed by atoms with Gasteiger partial charge in [-0.25, -0.2) is 0 Å². The Hall–Kier alpha value is 0.446. The van der Waals surface area contributed by atoms with Gasteiger partial charge in [-0.05, 0) is 0 Å². The molecular weight excluding hydrogens is 196 g/mol. The lowest BCUT2D eigenvalue weighted by Crippen LogP contribution is -2.36. The van der Waals surface area contributed by atoms with E-state index in [1.54, 1.807) is 6.92 Å². The van der Waals surface area contributed by atoms with E-state index >= 15 is 0 Å². The fraction of sp³-hybridized carbons (Fsp3) is 0.833. The first-order valence-corrected chi connectivity index (χ1v) is 6.65. The molecule has 6 heteroatoms. The van der Waals surface area contributed by atoms with Crippen LogP contribution in [0.15, 0.2) is 0 Å². The van der Waals surface area contributed by atoms with Crippen molar-refractivity contribution in [3.63, 3.8) is 0 Å². The molecular formula is C6H11ClMgO4. The summed E-state index contributed by atoms with van der Waals surface area (Å²) in [6.45, 7) is 1.22. The number of esters is 1. The molecule has 0 heterocycles. The van der Waals surface area contributed by atoms with E-state index in [9.17, 15) is 4.79 Å². The maximum atomic E-state index is 10.8. The summed E-state index contributed by atoms with van der Waals surface area (Å²) < 4.78 is 4.11. The smallest absolute Gasteiger partial charge is 0.487 e. The summed E-state index contributed by atoms with van der Waals surface area (Å²) in [5, 5.41) is 17.6. The van der Waals surface area contributed by atoms with Crippen LogP contribution in [-0.4, -0.2) is 52.4 Å². The minimum absolute atomic E-state index is 0.250. The van der Waals surface area contributed by atoms with E-state index in [0.29, 0.717) is 0 Å². The van der Waals surface area contributed by atoms with E-state index in [-0.39, 0.29) is 6.42 Å². The largest absolute Gasteiger partial charge is 0.561 e. The molecule has 4 nitrogen and oxygen atoms in total. The first-order chi connectivity index (χ1) is 5.65. The van der Waals surface area contributed by atoms with Crippen LogP contribution < -0.4 is 0 Å². The number of halogens is 1. The summed E-state index contributed by atoms with van der Waals surface area (Å²) in [5.41, 5.74) is 0. The van der Waals surface area contributed by atoms with Crippen LogP contribution in [0.25, 0.3) is 0 Å². The Labute approximate surface area is 84.4 Å². The Morgan fingerprint density at radius 3 is 2.67 bits per heavy atom. The average molecular weight is 207 g/mol. The van der Waals surface area contributed by atoms with Crippen LogP contribution in [0.2, 0.25) is 0 Å². The van der Waals surface area contributed by atoms with Gasteiger partial charge in [-0.15, -0.1) is 0 Å². The summed E-state index contributed by atoms with van der Waals surface area (Å²) in [4.78, 5) is 10.8. The Kier molecular flexibility index (Phi) is 7.17. The molecule has 0 spiro atoms. The van der Waals surface area contributed by atoms with Crippen molar-refractivity contribution in [3.8, 4) is 0 Å². The Balaban J connectivity index is 3.90. The number of rotatable bonds is 5. The highest BCUT2D eigenvalue weighted by Gasteiger charge is 2.23. The average Bonchev–Trinajstić information content (AvgIpc) is 2.12. The van der Waals surface area contributed by atoms with Crippen molar-refractivity contribution < 1.29 is 19.7 Å². The van der Waals surface area contributed by atoms with Crippen LogP contribution in [0.4, 0.5) is 0 Å². The lowest BCUT2D eigenvalue weighted by molar-refractivity contribution is -0.150. The molecule has 0 amide bonds. The van der Waals surface area contributed by atoms with Crippen molar-refractivity contribution in [2.24, 2.45) is 0 Å². The minimum Gasteiger partial charge on any atom is -0.487 e. The van der Waals surface area contributed by atoms with Gasteiger partial charge < -0.3 is 24.0 Å². The predicted octanol–water partition coefficient (Wildman–Crippen LogP) is -0.523. The minimum atomic E-state index is -1.16. The van der Waals surface area contributed by atoms with Gasteiger partial charge in [-0.1, -0.05) is 6.92 Å². The highest BCUT2D eigenvalue weighted by atomic mass is 35.5. The van der Waals surface area contributed by atoms with Crippen LogP contribution in [0.3, 0.4) is 0 Å². The quantitative estimate of drug-likeness (QED) is 0.470. The molecule has 0 aliphatic rings. The Morgan fingerprint density at radius 2 is 2.33 bits per heavy atom. The third-order valence-electron chi connectivity index (χ3n) is 1.34.